The molecule has 1 aromatic heterocycles. The van der Waals surface area contributed by atoms with E-state index in [1.807, 2.05) is 6.07 Å². The Bertz CT molecular complexity index is 902. The first kappa shape index (κ1) is 17.4. The van der Waals surface area contributed by atoms with Crippen LogP contribution in [0.5, 0.6) is 0 Å². The summed E-state index contributed by atoms with van der Waals surface area (Å²) in [4.78, 5) is 40.9. The van der Waals surface area contributed by atoms with Gasteiger partial charge in [-0.05, 0) is 49.1 Å². The predicted molar refractivity (Wildman–Crippen MR) is 100 cm³/mol. The molecular weight excluding hydrogens is 342 g/mol. The number of amides is 3. The van der Waals surface area contributed by atoms with Crippen molar-refractivity contribution in [1.82, 2.24) is 10.3 Å². The van der Waals surface area contributed by atoms with Crippen LogP contribution in [-0.4, -0.2) is 22.7 Å². The molecule has 0 saturated heterocycles. The Balaban J connectivity index is 1.61. The SMILES string of the molecule is O=C1NC(=O)c2cc(CC3(C(=O)Nc4ccncc4)CCCCC3)ccc21. The zero-order valence-corrected chi connectivity index (χ0v) is 15.0. The van der Waals surface area contributed by atoms with Crippen LogP contribution in [0.3, 0.4) is 0 Å². The van der Waals surface area contributed by atoms with Crippen LogP contribution >= 0.6 is 0 Å². The Kier molecular flexibility index (Phi) is 4.48. The Morgan fingerprint density at radius 2 is 1.70 bits per heavy atom. The van der Waals surface area contributed by atoms with Gasteiger partial charge in [-0.15, -0.1) is 0 Å². The fraction of sp³-hybridized carbons (Fsp3) is 0.333. The van der Waals surface area contributed by atoms with Crippen LogP contribution in [0.2, 0.25) is 0 Å². The van der Waals surface area contributed by atoms with Gasteiger partial charge in [-0.3, -0.25) is 24.7 Å². The van der Waals surface area contributed by atoms with Crippen LogP contribution in [0.4, 0.5) is 5.69 Å². The molecule has 0 atom stereocenters. The number of carbonyl (C=O) groups is 3. The van der Waals surface area contributed by atoms with Gasteiger partial charge in [0, 0.05) is 18.1 Å². The molecule has 6 nitrogen and oxygen atoms in total. The van der Waals surface area contributed by atoms with Gasteiger partial charge >= 0.3 is 0 Å². The van der Waals surface area contributed by atoms with Gasteiger partial charge < -0.3 is 5.32 Å². The quantitative estimate of drug-likeness (QED) is 0.817. The van der Waals surface area contributed by atoms with Gasteiger partial charge in [-0.1, -0.05) is 25.3 Å². The number of carbonyl (C=O) groups excluding carboxylic acids is 3. The molecule has 0 unspecified atom stereocenters. The van der Waals surface area contributed by atoms with E-state index < -0.39 is 5.41 Å². The van der Waals surface area contributed by atoms with Crippen LogP contribution in [0, 0.1) is 5.41 Å². The van der Waals surface area contributed by atoms with E-state index in [1.165, 1.54) is 0 Å². The van der Waals surface area contributed by atoms with Crippen LogP contribution in [0.25, 0.3) is 0 Å². The van der Waals surface area contributed by atoms with Crippen LogP contribution in [0.1, 0.15) is 58.4 Å². The topological polar surface area (TPSA) is 88.2 Å². The molecule has 2 aliphatic rings. The second-order valence-corrected chi connectivity index (χ2v) is 7.37. The molecule has 0 bridgehead atoms. The highest BCUT2D eigenvalue weighted by Gasteiger charge is 2.40. The molecular formula is C21H21N3O3. The minimum atomic E-state index is -0.505. The second kappa shape index (κ2) is 6.95. The highest BCUT2D eigenvalue weighted by Crippen LogP contribution is 2.40. The molecule has 4 rings (SSSR count). The van der Waals surface area contributed by atoms with E-state index in [4.69, 9.17) is 0 Å². The normalized spacial score (nSPS) is 17.9. The first-order valence-electron chi connectivity index (χ1n) is 9.28. The van der Waals surface area contributed by atoms with Gasteiger partial charge in [0.2, 0.25) is 5.91 Å². The van der Waals surface area contributed by atoms with Crippen molar-refractivity contribution >= 4 is 23.4 Å². The summed E-state index contributed by atoms with van der Waals surface area (Å²) in [6.45, 7) is 0. The molecule has 1 saturated carbocycles. The minimum Gasteiger partial charge on any atom is -0.325 e. The van der Waals surface area contributed by atoms with Crippen LogP contribution in [0.15, 0.2) is 42.7 Å². The van der Waals surface area contributed by atoms with Crippen molar-refractivity contribution < 1.29 is 14.4 Å². The molecule has 2 N–H and O–H groups in total. The molecule has 0 radical (unpaired) electrons. The number of anilines is 1. The van der Waals surface area contributed by atoms with E-state index in [0.29, 0.717) is 17.5 Å². The highest BCUT2D eigenvalue weighted by molar-refractivity contribution is 6.21. The van der Waals surface area contributed by atoms with Crippen molar-refractivity contribution in [2.24, 2.45) is 5.41 Å². The van der Waals surface area contributed by atoms with Gasteiger partial charge in [0.05, 0.1) is 16.5 Å². The molecule has 2 heterocycles. The number of nitrogens with one attached hydrogen (secondary N) is 2. The van der Waals surface area contributed by atoms with Crippen molar-refractivity contribution in [2.75, 3.05) is 5.32 Å². The molecule has 2 aromatic rings. The molecule has 1 aromatic carbocycles. The van der Waals surface area contributed by atoms with E-state index in [1.54, 1.807) is 36.7 Å². The molecule has 27 heavy (non-hydrogen) atoms. The number of nitrogens with zero attached hydrogens (tertiary/aromatic N) is 1. The van der Waals surface area contributed by atoms with E-state index in [0.717, 1.165) is 43.4 Å². The number of rotatable bonds is 4. The number of benzene rings is 1. The maximum absolute atomic E-state index is 13.2. The Morgan fingerprint density at radius 1 is 1.00 bits per heavy atom. The smallest absolute Gasteiger partial charge is 0.258 e. The molecule has 0 spiro atoms. The lowest BCUT2D eigenvalue weighted by Crippen LogP contribution is -2.40. The maximum atomic E-state index is 13.2. The average molecular weight is 363 g/mol. The van der Waals surface area contributed by atoms with Crippen molar-refractivity contribution in [3.8, 4) is 0 Å². The fourth-order valence-corrected chi connectivity index (χ4v) is 4.13. The summed E-state index contributed by atoms with van der Waals surface area (Å²) in [5, 5.41) is 5.34. The molecule has 3 amide bonds. The Hall–Kier alpha value is -3.02. The predicted octanol–water partition coefficient (Wildman–Crippen LogP) is 3.10. The van der Waals surface area contributed by atoms with Crippen LogP contribution < -0.4 is 10.6 Å². The number of hydrogen-bond acceptors (Lipinski definition) is 4. The number of imide groups is 1. The van der Waals surface area contributed by atoms with E-state index >= 15 is 0 Å². The summed E-state index contributed by atoms with van der Waals surface area (Å²) in [6, 6.07) is 8.85. The summed E-state index contributed by atoms with van der Waals surface area (Å²) in [6.07, 6.45) is 8.63. The maximum Gasteiger partial charge on any atom is 0.258 e. The lowest BCUT2D eigenvalue weighted by molar-refractivity contribution is -0.127. The van der Waals surface area contributed by atoms with Crippen molar-refractivity contribution in [1.29, 1.82) is 0 Å². The zero-order chi connectivity index (χ0) is 18.9. The zero-order valence-electron chi connectivity index (χ0n) is 15.0. The van der Waals surface area contributed by atoms with E-state index in [-0.39, 0.29) is 17.7 Å². The monoisotopic (exact) mass is 363 g/mol. The second-order valence-electron chi connectivity index (χ2n) is 7.37. The van der Waals surface area contributed by atoms with Gasteiger partial charge in [0.25, 0.3) is 11.8 Å². The first-order valence-corrected chi connectivity index (χ1v) is 9.28. The Morgan fingerprint density at radius 3 is 2.44 bits per heavy atom. The molecule has 1 aliphatic carbocycles. The molecule has 138 valence electrons. The van der Waals surface area contributed by atoms with E-state index in [9.17, 15) is 14.4 Å². The molecule has 1 aliphatic heterocycles. The third-order valence-corrected chi connectivity index (χ3v) is 5.57. The fourth-order valence-electron chi connectivity index (χ4n) is 4.13. The summed E-state index contributed by atoms with van der Waals surface area (Å²) >= 11 is 0. The molecule has 6 heteroatoms. The summed E-state index contributed by atoms with van der Waals surface area (Å²) in [5.41, 5.74) is 1.94. The molecule has 1 fully saturated rings. The van der Waals surface area contributed by atoms with Gasteiger partial charge in [-0.2, -0.15) is 0 Å². The Labute approximate surface area is 157 Å². The number of pyridine rings is 1. The number of fused-ring (bicyclic) bond motifs is 1. The number of aromatic nitrogens is 1. The largest absolute Gasteiger partial charge is 0.325 e. The van der Waals surface area contributed by atoms with Crippen molar-refractivity contribution in [2.45, 2.75) is 38.5 Å². The van der Waals surface area contributed by atoms with E-state index in [2.05, 4.69) is 15.6 Å². The summed E-state index contributed by atoms with van der Waals surface area (Å²) < 4.78 is 0. The third kappa shape index (κ3) is 3.35. The lowest BCUT2D eigenvalue weighted by Gasteiger charge is -2.36. The summed E-state index contributed by atoms with van der Waals surface area (Å²) in [5.74, 6) is -0.713. The van der Waals surface area contributed by atoms with Crippen molar-refractivity contribution in [3.05, 3.63) is 59.4 Å². The first-order chi connectivity index (χ1) is 13.1. The third-order valence-electron chi connectivity index (χ3n) is 5.57. The standard InChI is InChI=1S/C21H21N3O3/c25-18-16-5-4-14(12-17(16)19(26)24-18)13-21(8-2-1-3-9-21)20(27)23-15-6-10-22-11-7-15/h4-7,10-12H,1-3,8-9,13H2,(H,22,23,27)(H,24,25,26). The van der Waals surface area contributed by atoms with Gasteiger partial charge in [-0.25, -0.2) is 0 Å². The lowest BCUT2D eigenvalue weighted by atomic mass is 9.69. The minimum absolute atomic E-state index is 0.00873. The average Bonchev–Trinajstić information content (AvgIpc) is 2.97. The van der Waals surface area contributed by atoms with Gasteiger partial charge in [0.15, 0.2) is 0 Å². The van der Waals surface area contributed by atoms with Crippen LogP contribution in [-0.2, 0) is 11.2 Å². The highest BCUT2D eigenvalue weighted by atomic mass is 16.2. The summed E-state index contributed by atoms with van der Waals surface area (Å²) in [7, 11) is 0. The van der Waals surface area contributed by atoms with Gasteiger partial charge in [0.1, 0.15) is 0 Å². The van der Waals surface area contributed by atoms with Crippen molar-refractivity contribution in [3.63, 3.8) is 0 Å². The number of hydrogen-bond donors (Lipinski definition) is 2.